The summed E-state index contributed by atoms with van der Waals surface area (Å²) >= 11 is 5.98. The standard InChI is InChI=1S/C27H41ClN4O4/c1-3-29(4-2)17-18-30(27(34)21-15-16-24(28)25(19-21)32(35)36)20-26(33)31(22-11-7-5-8-12-22)23-13-9-6-10-14-23/h15-16,19,22-23H,3-14,17-18,20H2,1-2H3. The zero-order chi connectivity index (χ0) is 26.1. The second-order valence-corrected chi connectivity index (χ2v) is 10.5. The predicted octanol–water partition coefficient (Wildman–Crippen LogP) is 5.53. The first kappa shape index (κ1) is 28.4. The molecule has 200 valence electrons. The van der Waals surface area contributed by atoms with Gasteiger partial charge in [0.1, 0.15) is 11.6 Å². The summed E-state index contributed by atoms with van der Waals surface area (Å²) in [5.41, 5.74) is -0.121. The van der Waals surface area contributed by atoms with Gasteiger partial charge in [-0.15, -0.1) is 0 Å². The molecule has 3 rings (SSSR count). The summed E-state index contributed by atoms with van der Waals surface area (Å²) in [7, 11) is 0. The van der Waals surface area contributed by atoms with Crippen LogP contribution in [0.3, 0.4) is 0 Å². The Hall–Kier alpha value is -2.19. The summed E-state index contributed by atoms with van der Waals surface area (Å²) in [6, 6.07) is 4.59. The van der Waals surface area contributed by atoms with Crippen molar-refractivity contribution in [1.29, 1.82) is 0 Å². The van der Waals surface area contributed by atoms with Crippen LogP contribution in [0, 0.1) is 10.1 Å². The molecule has 0 radical (unpaired) electrons. The van der Waals surface area contributed by atoms with Gasteiger partial charge in [0, 0.05) is 36.8 Å². The van der Waals surface area contributed by atoms with Crippen molar-refractivity contribution in [2.24, 2.45) is 0 Å². The van der Waals surface area contributed by atoms with E-state index in [0.717, 1.165) is 64.5 Å². The Kier molecular flexibility index (Phi) is 11.0. The van der Waals surface area contributed by atoms with Gasteiger partial charge in [-0.25, -0.2) is 0 Å². The van der Waals surface area contributed by atoms with E-state index in [4.69, 9.17) is 11.6 Å². The van der Waals surface area contributed by atoms with Crippen LogP contribution in [0.5, 0.6) is 0 Å². The van der Waals surface area contributed by atoms with Crippen LogP contribution in [0.25, 0.3) is 0 Å². The second-order valence-electron chi connectivity index (χ2n) is 10.1. The average Bonchev–Trinajstić information content (AvgIpc) is 2.89. The lowest BCUT2D eigenvalue weighted by Gasteiger charge is -2.42. The minimum Gasteiger partial charge on any atom is -0.335 e. The molecular formula is C27H41ClN4O4. The molecule has 8 nitrogen and oxygen atoms in total. The highest BCUT2D eigenvalue weighted by Crippen LogP contribution is 2.31. The Morgan fingerprint density at radius 3 is 2.00 bits per heavy atom. The molecule has 0 bridgehead atoms. The van der Waals surface area contributed by atoms with Gasteiger partial charge in [-0.1, -0.05) is 64.0 Å². The first-order valence-electron chi connectivity index (χ1n) is 13.6. The van der Waals surface area contributed by atoms with Gasteiger partial charge in [-0.3, -0.25) is 19.7 Å². The topological polar surface area (TPSA) is 87.0 Å². The largest absolute Gasteiger partial charge is 0.335 e. The summed E-state index contributed by atoms with van der Waals surface area (Å²) < 4.78 is 0. The number of nitro groups is 1. The van der Waals surface area contributed by atoms with E-state index in [2.05, 4.69) is 23.6 Å². The molecule has 2 aliphatic rings. The van der Waals surface area contributed by atoms with Crippen LogP contribution in [0.1, 0.15) is 88.4 Å². The number of halogens is 1. The van der Waals surface area contributed by atoms with Crippen molar-refractivity contribution in [3.8, 4) is 0 Å². The van der Waals surface area contributed by atoms with Crippen LogP contribution in [0.15, 0.2) is 18.2 Å². The Balaban J connectivity index is 1.85. The number of amides is 2. The number of likely N-dealkylation sites (N-methyl/N-ethyl adjacent to an activating group) is 1. The van der Waals surface area contributed by atoms with Crippen LogP contribution in [0.4, 0.5) is 5.69 Å². The maximum Gasteiger partial charge on any atom is 0.288 e. The third-order valence-electron chi connectivity index (χ3n) is 7.81. The molecule has 1 aromatic rings. The normalized spacial score (nSPS) is 17.2. The number of hydrogen-bond acceptors (Lipinski definition) is 5. The molecule has 0 atom stereocenters. The molecule has 0 unspecified atom stereocenters. The SMILES string of the molecule is CCN(CC)CCN(CC(=O)N(C1CCCCC1)C1CCCCC1)C(=O)c1ccc(Cl)c([N+](=O)[O-])c1. The van der Waals surface area contributed by atoms with Gasteiger partial charge in [0.25, 0.3) is 11.6 Å². The van der Waals surface area contributed by atoms with Gasteiger partial charge >= 0.3 is 0 Å². The van der Waals surface area contributed by atoms with Crippen molar-refractivity contribution < 1.29 is 14.5 Å². The number of nitrogens with zero attached hydrogens (tertiary/aromatic N) is 4. The summed E-state index contributed by atoms with van der Waals surface area (Å²) in [5.74, 6) is -0.368. The molecular weight excluding hydrogens is 480 g/mol. The van der Waals surface area contributed by atoms with Crippen LogP contribution >= 0.6 is 11.6 Å². The number of nitro benzene ring substituents is 1. The van der Waals surface area contributed by atoms with Crippen LogP contribution in [0.2, 0.25) is 5.02 Å². The lowest BCUT2D eigenvalue weighted by atomic mass is 9.88. The quantitative estimate of drug-likeness (QED) is 0.283. The molecule has 0 saturated heterocycles. The fourth-order valence-electron chi connectivity index (χ4n) is 5.69. The van der Waals surface area contributed by atoms with E-state index >= 15 is 0 Å². The Morgan fingerprint density at radius 1 is 0.944 bits per heavy atom. The first-order chi connectivity index (χ1) is 17.3. The second kappa shape index (κ2) is 13.9. The lowest BCUT2D eigenvalue weighted by Crippen LogP contribution is -2.53. The highest BCUT2D eigenvalue weighted by atomic mass is 35.5. The zero-order valence-corrected chi connectivity index (χ0v) is 22.5. The molecule has 2 saturated carbocycles. The summed E-state index contributed by atoms with van der Waals surface area (Å²) in [4.78, 5) is 44.2. The van der Waals surface area contributed by atoms with Gasteiger partial charge in [0.2, 0.25) is 5.91 Å². The van der Waals surface area contributed by atoms with E-state index in [1.807, 2.05) is 0 Å². The van der Waals surface area contributed by atoms with E-state index in [0.29, 0.717) is 13.1 Å². The third kappa shape index (κ3) is 7.42. The van der Waals surface area contributed by atoms with Crippen molar-refractivity contribution in [3.05, 3.63) is 38.9 Å². The Bertz CT molecular complexity index is 878. The maximum atomic E-state index is 13.9. The molecule has 2 fully saturated rings. The fraction of sp³-hybridized carbons (Fsp3) is 0.704. The molecule has 0 heterocycles. The number of benzene rings is 1. The maximum absolute atomic E-state index is 13.9. The highest BCUT2D eigenvalue weighted by molar-refractivity contribution is 6.32. The number of carbonyl (C=O) groups excluding carboxylic acids is 2. The van der Waals surface area contributed by atoms with E-state index in [1.165, 1.54) is 31.0 Å². The monoisotopic (exact) mass is 520 g/mol. The predicted molar refractivity (Wildman–Crippen MR) is 142 cm³/mol. The molecule has 0 N–H and O–H groups in total. The highest BCUT2D eigenvalue weighted by Gasteiger charge is 2.34. The number of hydrogen-bond donors (Lipinski definition) is 0. The van der Waals surface area contributed by atoms with Gasteiger partial charge < -0.3 is 14.7 Å². The summed E-state index contributed by atoms with van der Waals surface area (Å²) in [5, 5.41) is 11.4. The summed E-state index contributed by atoms with van der Waals surface area (Å²) in [6.07, 6.45) is 11.1. The molecule has 0 aliphatic heterocycles. The number of rotatable bonds is 11. The molecule has 0 aromatic heterocycles. The lowest BCUT2D eigenvalue weighted by molar-refractivity contribution is -0.384. The van der Waals surface area contributed by atoms with Crippen molar-refractivity contribution in [2.45, 2.75) is 90.1 Å². The minimum atomic E-state index is -0.585. The molecule has 0 spiro atoms. The van der Waals surface area contributed by atoms with Gasteiger partial charge in [0.05, 0.1) is 4.92 Å². The smallest absolute Gasteiger partial charge is 0.288 e. The summed E-state index contributed by atoms with van der Waals surface area (Å²) in [6.45, 7) is 6.82. The molecule has 9 heteroatoms. The Labute approximate surface area is 220 Å². The minimum absolute atomic E-state index is 0.00478. The molecule has 2 amide bonds. The molecule has 36 heavy (non-hydrogen) atoms. The Morgan fingerprint density at radius 2 is 1.50 bits per heavy atom. The van der Waals surface area contributed by atoms with Crippen molar-refractivity contribution >= 4 is 29.1 Å². The number of carbonyl (C=O) groups is 2. The van der Waals surface area contributed by atoms with Crippen molar-refractivity contribution in [2.75, 3.05) is 32.7 Å². The first-order valence-corrected chi connectivity index (χ1v) is 14.0. The molecule has 1 aromatic carbocycles. The third-order valence-corrected chi connectivity index (χ3v) is 8.13. The van der Waals surface area contributed by atoms with Crippen molar-refractivity contribution in [3.63, 3.8) is 0 Å². The van der Waals surface area contributed by atoms with Crippen LogP contribution in [-0.4, -0.2) is 76.2 Å². The average molecular weight is 521 g/mol. The van der Waals surface area contributed by atoms with Gasteiger partial charge in [0.15, 0.2) is 0 Å². The van der Waals surface area contributed by atoms with Crippen molar-refractivity contribution in [1.82, 2.24) is 14.7 Å². The fourth-order valence-corrected chi connectivity index (χ4v) is 5.88. The van der Waals surface area contributed by atoms with E-state index in [9.17, 15) is 19.7 Å². The van der Waals surface area contributed by atoms with Gasteiger partial charge in [-0.2, -0.15) is 0 Å². The van der Waals surface area contributed by atoms with Crippen LogP contribution < -0.4 is 0 Å². The molecule has 2 aliphatic carbocycles. The van der Waals surface area contributed by atoms with Gasteiger partial charge in [-0.05, 0) is 50.9 Å². The van der Waals surface area contributed by atoms with E-state index < -0.39 is 4.92 Å². The van der Waals surface area contributed by atoms with E-state index in [-0.39, 0.29) is 46.7 Å². The zero-order valence-electron chi connectivity index (χ0n) is 21.8. The van der Waals surface area contributed by atoms with E-state index in [1.54, 1.807) is 4.90 Å². The van der Waals surface area contributed by atoms with Crippen LogP contribution in [-0.2, 0) is 4.79 Å².